The molecule has 2 nitrogen and oxygen atoms in total. The number of likely N-dealkylation sites (N-methyl/N-ethyl adjacent to an activating group) is 1. The summed E-state index contributed by atoms with van der Waals surface area (Å²) in [6.07, 6.45) is 2.43. The van der Waals surface area contributed by atoms with Crippen LogP contribution < -0.4 is 5.32 Å². The molecule has 0 heterocycles. The summed E-state index contributed by atoms with van der Waals surface area (Å²) in [6.45, 7) is 12.4. The minimum absolute atomic E-state index is 0.299. The monoisotopic (exact) mass is 186 g/mol. The van der Waals surface area contributed by atoms with Crippen molar-refractivity contribution in [3.63, 3.8) is 0 Å². The molecule has 0 aliphatic carbocycles. The van der Waals surface area contributed by atoms with Gasteiger partial charge in [0.15, 0.2) is 0 Å². The minimum Gasteiger partial charge on any atom is -0.311 e. The average molecular weight is 186 g/mol. The van der Waals surface area contributed by atoms with Crippen molar-refractivity contribution in [2.24, 2.45) is 0 Å². The van der Waals surface area contributed by atoms with Gasteiger partial charge >= 0.3 is 0 Å². The van der Waals surface area contributed by atoms with Crippen molar-refractivity contribution in [3.8, 4) is 0 Å². The zero-order chi connectivity index (χ0) is 10.3. The van der Waals surface area contributed by atoms with Crippen LogP contribution in [0.5, 0.6) is 0 Å². The second kappa shape index (κ2) is 6.39. The van der Waals surface area contributed by atoms with Crippen LogP contribution >= 0.6 is 0 Å². The van der Waals surface area contributed by atoms with Gasteiger partial charge in [0, 0.05) is 18.6 Å². The van der Waals surface area contributed by atoms with E-state index in [0.717, 1.165) is 13.1 Å². The van der Waals surface area contributed by atoms with Crippen molar-refractivity contribution in [2.45, 2.75) is 46.1 Å². The second-order valence-corrected chi connectivity index (χ2v) is 4.47. The number of nitrogens with one attached hydrogen (secondary N) is 1. The Hall–Kier alpha value is -0.0800. The quantitative estimate of drug-likeness (QED) is 0.655. The van der Waals surface area contributed by atoms with Crippen LogP contribution in [0.2, 0.25) is 0 Å². The van der Waals surface area contributed by atoms with Crippen LogP contribution in [-0.2, 0) is 0 Å². The summed E-state index contributed by atoms with van der Waals surface area (Å²) in [4.78, 5) is 2.37. The predicted octanol–water partition coefficient (Wildman–Crippen LogP) is 2.11. The molecule has 0 saturated heterocycles. The van der Waals surface area contributed by atoms with Gasteiger partial charge in [0.05, 0.1) is 0 Å². The average Bonchev–Trinajstić information content (AvgIpc) is 2.05. The van der Waals surface area contributed by atoms with Crippen LogP contribution in [0.1, 0.15) is 40.5 Å². The van der Waals surface area contributed by atoms with Gasteiger partial charge in [-0.2, -0.15) is 0 Å². The van der Waals surface area contributed by atoms with Crippen LogP contribution in [0.15, 0.2) is 0 Å². The maximum absolute atomic E-state index is 3.56. The molecule has 0 bridgehead atoms. The van der Waals surface area contributed by atoms with Crippen molar-refractivity contribution < 1.29 is 0 Å². The third kappa shape index (κ3) is 7.03. The number of rotatable bonds is 7. The van der Waals surface area contributed by atoms with Gasteiger partial charge in [0.2, 0.25) is 0 Å². The lowest BCUT2D eigenvalue weighted by atomic mass is 10.0. The predicted molar refractivity (Wildman–Crippen MR) is 60.2 cm³/mol. The highest BCUT2D eigenvalue weighted by Crippen LogP contribution is 2.05. The molecule has 0 radical (unpaired) electrons. The van der Waals surface area contributed by atoms with E-state index in [4.69, 9.17) is 0 Å². The van der Waals surface area contributed by atoms with E-state index in [-0.39, 0.29) is 0 Å². The van der Waals surface area contributed by atoms with Crippen molar-refractivity contribution >= 4 is 0 Å². The SMILES string of the molecule is CCCN(C)CCNC(C)(C)CC. The van der Waals surface area contributed by atoms with E-state index in [0.29, 0.717) is 5.54 Å². The highest BCUT2D eigenvalue weighted by molar-refractivity contribution is 4.75. The lowest BCUT2D eigenvalue weighted by molar-refractivity contribution is 0.299. The lowest BCUT2D eigenvalue weighted by Crippen LogP contribution is -2.42. The molecule has 0 amide bonds. The Morgan fingerprint density at radius 2 is 1.77 bits per heavy atom. The molecule has 0 spiro atoms. The fourth-order valence-electron chi connectivity index (χ4n) is 1.20. The van der Waals surface area contributed by atoms with E-state index >= 15 is 0 Å². The number of hydrogen-bond acceptors (Lipinski definition) is 2. The molecule has 0 aromatic carbocycles. The van der Waals surface area contributed by atoms with E-state index < -0.39 is 0 Å². The smallest absolute Gasteiger partial charge is 0.0123 e. The first-order chi connectivity index (χ1) is 6.02. The molecule has 0 fully saturated rings. The summed E-state index contributed by atoms with van der Waals surface area (Å²) in [6, 6.07) is 0. The lowest BCUT2D eigenvalue weighted by Gasteiger charge is -2.26. The minimum atomic E-state index is 0.299. The zero-order valence-electron chi connectivity index (χ0n) is 9.98. The molecular weight excluding hydrogens is 160 g/mol. The Balaban J connectivity index is 3.44. The van der Waals surface area contributed by atoms with E-state index in [1.165, 1.54) is 19.4 Å². The molecule has 0 aromatic rings. The van der Waals surface area contributed by atoms with Gasteiger partial charge < -0.3 is 10.2 Å². The molecule has 80 valence electrons. The summed E-state index contributed by atoms with van der Waals surface area (Å²) in [5.74, 6) is 0. The van der Waals surface area contributed by atoms with Crippen molar-refractivity contribution in [1.29, 1.82) is 0 Å². The molecule has 0 aliphatic rings. The highest BCUT2D eigenvalue weighted by Gasteiger charge is 2.12. The van der Waals surface area contributed by atoms with Crippen molar-refractivity contribution in [1.82, 2.24) is 10.2 Å². The van der Waals surface area contributed by atoms with Gasteiger partial charge in [0.1, 0.15) is 0 Å². The molecule has 1 N–H and O–H groups in total. The van der Waals surface area contributed by atoms with Crippen LogP contribution in [-0.4, -0.2) is 37.1 Å². The Labute approximate surface area is 83.7 Å². The molecule has 0 aliphatic heterocycles. The topological polar surface area (TPSA) is 15.3 Å². The van der Waals surface area contributed by atoms with Crippen molar-refractivity contribution in [3.05, 3.63) is 0 Å². The fraction of sp³-hybridized carbons (Fsp3) is 1.00. The molecule has 0 unspecified atom stereocenters. The molecular formula is C11H26N2. The first-order valence-electron chi connectivity index (χ1n) is 5.45. The van der Waals surface area contributed by atoms with Gasteiger partial charge in [-0.05, 0) is 40.3 Å². The van der Waals surface area contributed by atoms with E-state index in [1.807, 2.05) is 0 Å². The molecule has 2 heteroatoms. The maximum atomic E-state index is 3.56. The van der Waals surface area contributed by atoms with Gasteiger partial charge in [-0.1, -0.05) is 13.8 Å². The van der Waals surface area contributed by atoms with Gasteiger partial charge in [-0.25, -0.2) is 0 Å². The third-order valence-corrected chi connectivity index (χ3v) is 2.59. The largest absolute Gasteiger partial charge is 0.311 e. The Morgan fingerprint density at radius 1 is 1.15 bits per heavy atom. The van der Waals surface area contributed by atoms with E-state index in [1.54, 1.807) is 0 Å². The standard InChI is InChI=1S/C11H26N2/c1-6-9-13(5)10-8-12-11(3,4)7-2/h12H,6-10H2,1-5H3. The first-order valence-corrected chi connectivity index (χ1v) is 5.45. The number of hydrogen-bond donors (Lipinski definition) is 1. The van der Waals surface area contributed by atoms with E-state index in [2.05, 4.69) is 45.0 Å². The van der Waals surface area contributed by atoms with E-state index in [9.17, 15) is 0 Å². The highest BCUT2D eigenvalue weighted by atomic mass is 15.1. The summed E-state index contributed by atoms with van der Waals surface area (Å²) >= 11 is 0. The summed E-state index contributed by atoms with van der Waals surface area (Å²) in [5.41, 5.74) is 0.299. The Bertz CT molecular complexity index is 121. The molecule has 0 atom stereocenters. The summed E-state index contributed by atoms with van der Waals surface area (Å²) < 4.78 is 0. The van der Waals surface area contributed by atoms with Crippen LogP contribution in [0.3, 0.4) is 0 Å². The normalized spacial score (nSPS) is 12.5. The Morgan fingerprint density at radius 3 is 2.23 bits per heavy atom. The van der Waals surface area contributed by atoms with Crippen LogP contribution in [0.4, 0.5) is 0 Å². The van der Waals surface area contributed by atoms with Gasteiger partial charge in [-0.15, -0.1) is 0 Å². The van der Waals surface area contributed by atoms with Gasteiger partial charge in [-0.3, -0.25) is 0 Å². The van der Waals surface area contributed by atoms with Crippen LogP contribution in [0, 0.1) is 0 Å². The zero-order valence-corrected chi connectivity index (χ0v) is 9.98. The summed E-state index contributed by atoms with van der Waals surface area (Å²) in [7, 11) is 2.18. The van der Waals surface area contributed by atoms with Crippen LogP contribution in [0.25, 0.3) is 0 Å². The van der Waals surface area contributed by atoms with Crippen molar-refractivity contribution in [2.75, 3.05) is 26.7 Å². The third-order valence-electron chi connectivity index (χ3n) is 2.59. The fourth-order valence-corrected chi connectivity index (χ4v) is 1.20. The Kier molecular flexibility index (Phi) is 6.35. The maximum Gasteiger partial charge on any atom is 0.0123 e. The van der Waals surface area contributed by atoms with Gasteiger partial charge in [0.25, 0.3) is 0 Å². The first kappa shape index (κ1) is 12.9. The molecule has 0 saturated carbocycles. The molecule has 13 heavy (non-hydrogen) atoms. The second-order valence-electron chi connectivity index (χ2n) is 4.47. The molecule has 0 aromatic heterocycles. The molecule has 0 rings (SSSR count). The number of nitrogens with zero attached hydrogens (tertiary/aromatic N) is 1. The summed E-state index contributed by atoms with van der Waals surface area (Å²) in [5, 5.41) is 3.56.